The van der Waals surface area contributed by atoms with E-state index in [1.807, 2.05) is 36.7 Å². The van der Waals surface area contributed by atoms with Crippen LogP contribution in [0.1, 0.15) is 27.8 Å². The van der Waals surface area contributed by atoms with Crippen molar-refractivity contribution >= 4 is 172 Å². The normalized spacial score (nSPS) is 16.2. The van der Waals surface area contributed by atoms with E-state index in [-0.39, 0.29) is 21.3 Å². The highest BCUT2D eigenvalue weighted by atomic mass is 31.1. The molecule has 596 valence electrons. The second-order valence-electron chi connectivity index (χ2n) is 35.3. The van der Waals surface area contributed by atoms with Gasteiger partial charge in [0.15, 0.2) is 49.3 Å². The van der Waals surface area contributed by atoms with Gasteiger partial charge in [0.2, 0.25) is 23.8 Å². The van der Waals surface area contributed by atoms with E-state index >= 15 is 0 Å². The Labute approximate surface area is 741 Å². The fraction of sp³-hybridized carbons (Fsp3) is 0.0571. The summed E-state index contributed by atoms with van der Waals surface area (Å²) in [7, 11) is -1.39. The molecule has 6 aromatic heterocycles. The molecular weight excluding hydrogens is 1610 g/mol. The molecule has 0 bridgehead atoms. The monoisotopic (exact) mass is 1680 g/mol. The van der Waals surface area contributed by atoms with Gasteiger partial charge in [-0.25, -0.2) is 9.05 Å². The minimum absolute atomic E-state index is 0.0929. The van der Waals surface area contributed by atoms with Crippen LogP contribution in [0, 0.1) is 6.92 Å². The Kier molecular flexibility index (Phi) is 14.4. The molecule has 0 aliphatic carbocycles. The largest absolute Gasteiger partial charge is 0.755 e. The minimum atomic E-state index is -0.507. The highest BCUT2D eigenvalue weighted by Crippen LogP contribution is 2.60. The van der Waals surface area contributed by atoms with Gasteiger partial charge >= 0.3 is 40.8 Å². The summed E-state index contributed by atoms with van der Waals surface area (Å²) in [6, 6.07) is 121. The number of anilines is 10. The minimum Gasteiger partial charge on any atom is -0.536 e. The quantitative estimate of drug-likeness (QED) is 0.0954. The maximum atomic E-state index is 6.41. The first-order valence-electron chi connectivity index (χ1n) is 44.3. The summed E-state index contributed by atoms with van der Waals surface area (Å²) in [6.45, 7) is 7.59. The number of hydrogen-bond donors (Lipinski definition) is 0. The Balaban J connectivity index is 0.0000000779. The lowest BCUT2D eigenvalue weighted by atomic mass is 9.66. The highest BCUT2D eigenvalue weighted by Gasteiger charge is 2.60. The van der Waals surface area contributed by atoms with Crippen LogP contribution >= 0.6 is 15.6 Å². The second kappa shape index (κ2) is 26.1. The zero-order chi connectivity index (χ0) is 83.1. The average Bonchev–Trinajstić information content (AvgIpc) is 1.54. The average molecular weight is 1680 g/mol. The van der Waals surface area contributed by atoms with E-state index in [0.29, 0.717) is 13.1 Å². The number of para-hydroxylation sites is 11. The van der Waals surface area contributed by atoms with Gasteiger partial charge in [0.25, 0.3) is 17.4 Å². The summed E-state index contributed by atoms with van der Waals surface area (Å²) >= 11 is 0. The molecule has 0 N–H and O–H groups in total. The number of benzene rings is 13. The number of imidazole rings is 1. The van der Waals surface area contributed by atoms with Crippen LogP contribution in [0.2, 0.25) is 0 Å². The van der Waals surface area contributed by atoms with Crippen molar-refractivity contribution in [3.05, 3.63) is 386 Å². The molecule has 15 aliphatic rings. The number of oxazole rings is 1. The topological polar surface area (TPSA) is 86.3 Å². The molecule has 0 fully saturated rings. The van der Waals surface area contributed by atoms with Gasteiger partial charge < -0.3 is 37.6 Å². The van der Waals surface area contributed by atoms with Crippen molar-refractivity contribution in [1.29, 1.82) is 0 Å². The molecule has 2 atom stereocenters. The maximum Gasteiger partial charge on any atom is 0.755 e. The zero-order valence-electron chi connectivity index (χ0n) is 69.4. The van der Waals surface area contributed by atoms with Crippen LogP contribution in [0.3, 0.4) is 0 Å². The van der Waals surface area contributed by atoms with Crippen molar-refractivity contribution in [1.82, 2.24) is 9.13 Å². The third-order valence-corrected chi connectivity index (χ3v) is 34.2. The van der Waals surface area contributed by atoms with Crippen molar-refractivity contribution in [3.63, 3.8) is 0 Å². The molecule has 16 nitrogen and oxygen atoms in total. The molecule has 23 heteroatoms. The molecule has 0 radical (unpaired) electrons. The number of rotatable bonds is 2. The van der Waals surface area contributed by atoms with Gasteiger partial charge in [-0.3, -0.25) is 9.38 Å². The van der Waals surface area contributed by atoms with E-state index in [1.165, 1.54) is 183 Å². The fourth-order valence-electron chi connectivity index (χ4n) is 23.9. The van der Waals surface area contributed by atoms with Gasteiger partial charge in [0.05, 0.1) is 61.7 Å². The van der Waals surface area contributed by atoms with Gasteiger partial charge in [-0.15, -0.1) is 0 Å². The molecule has 0 saturated heterocycles. The third-order valence-electron chi connectivity index (χ3n) is 28.7. The van der Waals surface area contributed by atoms with Gasteiger partial charge in [0.1, 0.15) is 40.9 Å². The zero-order valence-corrected chi connectivity index (χ0v) is 71.2. The predicted molar refractivity (Wildman–Crippen MR) is 513 cm³/mol. The molecule has 0 saturated carbocycles. The number of pyridine rings is 3. The number of fused-ring (bicyclic) bond motifs is 31. The number of nitrogens with zero attached hydrogens (tertiary/aromatic N) is 12. The Morgan fingerprint density at radius 1 is 0.352 bits per heavy atom. The third kappa shape index (κ3) is 9.37. The van der Waals surface area contributed by atoms with E-state index < -0.39 is 15.6 Å². The van der Waals surface area contributed by atoms with E-state index in [2.05, 4.69) is 385 Å². The molecule has 0 amide bonds. The van der Waals surface area contributed by atoms with Crippen molar-refractivity contribution in [3.8, 4) is 73.8 Å². The summed E-state index contributed by atoms with van der Waals surface area (Å²) in [5.74, 6) is 4.97. The Hall–Kier alpha value is -14.9. The first-order valence-corrected chi connectivity index (χ1v) is 47.1. The Bertz CT molecular complexity index is 8180. The van der Waals surface area contributed by atoms with Gasteiger partial charge in [-0.05, 0) is 146 Å². The van der Waals surface area contributed by atoms with Crippen molar-refractivity contribution in [2.24, 2.45) is 0 Å². The highest BCUT2D eigenvalue weighted by molar-refractivity contribution is 8.04. The molecule has 128 heavy (non-hydrogen) atoms. The fourth-order valence-corrected chi connectivity index (χ4v) is 29.8. The predicted octanol–water partition coefficient (Wildman–Crippen LogP) is 14.7. The number of aromatic nitrogens is 7. The summed E-state index contributed by atoms with van der Waals surface area (Å²) in [6.07, 6.45) is 8.52. The molecule has 19 aromatic rings. The van der Waals surface area contributed by atoms with Crippen LogP contribution in [-0.2, 0) is 32.8 Å². The number of aryl methyl sites for hydroxylation is 1. The van der Waals surface area contributed by atoms with E-state index in [1.54, 1.807) is 0 Å². The SMILES string of the molecule is Cc1cc2c3[n+](c1)Cc1cccc(c1-3)B1N2c2ccccc2P1c1ccccc1.c1ccc(P2B3c4cccc5c4-c4c(ccc[n+]4C5)N3c3ccccc32)cc1.c1ccc2c(c1)OB1N2c2cccc3c2-c2n(c4ccccc4[n+]21)C3.c1ccc2c(c1)OB1c3ccc[n+]4c3-c3c(c5ccccc5n3C4)N12.c1ccc2c(c1)OB1c3cccc4c3-c3c(oc[n+]3C4)N12. The van der Waals surface area contributed by atoms with Crippen LogP contribution in [0.25, 0.3) is 78.5 Å². The van der Waals surface area contributed by atoms with Gasteiger partial charge in [-0.2, -0.15) is 18.3 Å². The van der Waals surface area contributed by atoms with E-state index in [4.69, 9.17) is 18.4 Å². The molecular formula is C105H72B5N12O4P2+5. The van der Waals surface area contributed by atoms with Crippen LogP contribution < -0.4 is 104 Å². The lowest BCUT2D eigenvalue weighted by Gasteiger charge is -2.33. The van der Waals surface area contributed by atoms with Crippen LogP contribution in [0.5, 0.6) is 17.2 Å². The molecule has 13 aromatic carbocycles. The molecule has 21 heterocycles. The Morgan fingerprint density at radius 3 is 1.56 bits per heavy atom. The van der Waals surface area contributed by atoms with Crippen molar-refractivity contribution in [2.45, 2.75) is 39.8 Å². The summed E-state index contributed by atoms with van der Waals surface area (Å²) in [4.78, 5) is 12.1. The smallest absolute Gasteiger partial charge is 0.536 e. The van der Waals surface area contributed by atoms with E-state index in [9.17, 15) is 0 Å². The van der Waals surface area contributed by atoms with Crippen LogP contribution in [-0.4, -0.2) is 43.6 Å². The first kappa shape index (κ1) is 70.4. The standard InChI is InChI=1S/C25H19BN2P.C24H17BN2P.2C20H13BN3O.C16H10BN2O2/c1-17-14-22-25-24-18(16-27(25)15-17)8-7-11-20(24)26-28(22)21-12-5-6-13-23(21)29(26)19-9-3-2-4-10-19;1-2-9-18(10-3-1)28-22-14-5-4-12-20(22)27-21-13-7-15-26-16-17-8-6-11-19(25(27)28)23(17)24(21)26;1-2-8-15-14(7-1)22-12-13-6-5-10-17-19(13)20(22)24(15)21-23(17)16-9-3-4-11-18(16)25-21;1-2-8-15-13(6-1)18-20-19-14(7-5-11-22(19)12-23(15)20)21-24(18)16-9-3-4-10-17(16)25-21;1-2-7-13-12(6-1)19-16-15-14-10(8-18(15)9-20-16)4-3-5-11(14)17(19)21-13/h2-15H,16H2,1H3;1-15H,16H2;2*1-11H,12H2;1-7,9H,8H2/q5*+1. The first-order chi connectivity index (χ1) is 63.5. The van der Waals surface area contributed by atoms with Crippen LogP contribution in [0.4, 0.5) is 57.1 Å². The lowest BCUT2D eigenvalue weighted by molar-refractivity contribution is -0.681. The van der Waals surface area contributed by atoms with Crippen molar-refractivity contribution in [2.75, 3.05) is 24.1 Å². The molecule has 2 unspecified atom stereocenters. The van der Waals surface area contributed by atoms with Crippen LogP contribution in [0.15, 0.2) is 363 Å². The Morgan fingerprint density at radius 2 is 0.859 bits per heavy atom. The summed E-state index contributed by atoms with van der Waals surface area (Å²) < 4.78 is 41.5. The molecule has 34 rings (SSSR count). The molecule has 15 aliphatic heterocycles. The molecule has 0 spiro atoms. The van der Waals surface area contributed by atoms with Crippen molar-refractivity contribution < 1.29 is 41.1 Å². The maximum absolute atomic E-state index is 6.41. The second-order valence-corrected chi connectivity index (χ2v) is 39.8. The number of hydrogen-bond acceptors (Lipinski definition) is 9. The summed E-state index contributed by atoms with van der Waals surface area (Å²) in [5, 5.41) is 7.20. The van der Waals surface area contributed by atoms with E-state index in [0.717, 1.165) is 73.0 Å². The lowest BCUT2D eigenvalue weighted by Crippen LogP contribution is -2.64. The van der Waals surface area contributed by atoms with Gasteiger partial charge in [0, 0.05) is 62.2 Å². The summed E-state index contributed by atoms with van der Waals surface area (Å²) in [5.41, 5.74) is 39.8. The van der Waals surface area contributed by atoms with Gasteiger partial charge in [-0.1, -0.05) is 231 Å².